The Labute approximate surface area is 160 Å². The topological polar surface area (TPSA) is 63.5 Å². The highest BCUT2D eigenvalue weighted by molar-refractivity contribution is 8.27. The Morgan fingerprint density at radius 1 is 1.12 bits per heavy atom. The number of amides is 1. The molecule has 3 rings (SSSR count). The molecule has 1 aliphatic heterocycles. The van der Waals surface area contributed by atoms with Gasteiger partial charge in [0.25, 0.3) is 11.6 Å². The Hall–Kier alpha value is -2.77. The van der Waals surface area contributed by atoms with E-state index in [1.54, 1.807) is 30.4 Å². The van der Waals surface area contributed by atoms with Gasteiger partial charge < -0.3 is 0 Å². The van der Waals surface area contributed by atoms with E-state index in [-0.39, 0.29) is 11.6 Å². The zero-order chi connectivity index (χ0) is 18.7. The van der Waals surface area contributed by atoms with Crippen LogP contribution in [0.15, 0.2) is 65.6 Å². The predicted octanol–water partition coefficient (Wildman–Crippen LogP) is 4.87. The number of anilines is 1. The number of non-ortho nitro benzene ring substituents is 1. The van der Waals surface area contributed by atoms with Crippen LogP contribution in [0.25, 0.3) is 6.08 Å². The minimum Gasteiger partial charge on any atom is -0.268 e. The molecule has 5 nitrogen and oxygen atoms in total. The quantitative estimate of drug-likeness (QED) is 0.327. The second-order valence-electron chi connectivity index (χ2n) is 5.58. The third-order valence-electron chi connectivity index (χ3n) is 3.73. The van der Waals surface area contributed by atoms with Crippen LogP contribution in [0.5, 0.6) is 0 Å². The Bertz CT molecular complexity index is 932. The fraction of sp³-hybridized carbons (Fsp3) is 0.0526. The lowest BCUT2D eigenvalue weighted by Crippen LogP contribution is -2.27. The fourth-order valence-corrected chi connectivity index (χ4v) is 3.60. The van der Waals surface area contributed by atoms with Crippen LogP contribution in [-0.2, 0) is 4.79 Å². The van der Waals surface area contributed by atoms with Gasteiger partial charge in [-0.3, -0.25) is 19.8 Å². The number of thioether (sulfide) groups is 1. The van der Waals surface area contributed by atoms with Crippen molar-refractivity contribution >= 4 is 51.7 Å². The molecule has 0 aliphatic carbocycles. The van der Waals surface area contributed by atoms with Crippen LogP contribution < -0.4 is 4.90 Å². The van der Waals surface area contributed by atoms with E-state index < -0.39 is 4.92 Å². The van der Waals surface area contributed by atoms with Crippen LogP contribution in [-0.4, -0.2) is 15.2 Å². The molecule has 0 unspecified atom stereocenters. The van der Waals surface area contributed by atoms with Crippen LogP contribution >= 0.6 is 24.0 Å². The highest BCUT2D eigenvalue weighted by Gasteiger charge is 2.32. The molecular formula is C19H14N2O3S2. The summed E-state index contributed by atoms with van der Waals surface area (Å²) in [6, 6.07) is 13.8. The summed E-state index contributed by atoms with van der Waals surface area (Å²) in [4.78, 5) is 24.9. The molecule has 0 bridgehead atoms. The number of allylic oxidation sites excluding steroid dienone is 2. The highest BCUT2D eigenvalue weighted by atomic mass is 32.2. The van der Waals surface area contributed by atoms with Crippen LogP contribution in [0, 0.1) is 17.0 Å². The van der Waals surface area contributed by atoms with Crippen molar-refractivity contribution in [3.8, 4) is 0 Å². The van der Waals surface area contributed by atoms with Gasteiger partial charge in [-0.05, 0) is 42.8 Å². The second kappa shape index (κ2) is 7.63. The molecule has 0 aromatic heterocycles. The van der Waals surface area contributed by atoms with Gasteiger partial charge in [0.15, 0.2) is 4.32 Å². The summed E-state index contributed by atoms with van der Waals surface area (Å²) in [7, 11) is 0. The summed E-state index contributed by atoms with van der Waals surface area (Å²) in [5.74, 6) is -0.155. The van der Waals surface area contributed by atoms with Crippen LogP contribution in [0.2, 0.25) is 0 Å². The summed E-state index contributed by atoms with van der Waals surface area (Å²) in [6.45, 7) is 1.98. The van der Waals surface area contributed by atoms with E-state index >= 15 is 0 Å². The summed E-state index contributed by atoms with van der Waals surface area (Å²) in [5.41, 5.74) is 2.71. The highest BCUT2D eigenvalue weighted by Crippen LogP contribution is 2.34. The van der Waals surface area contributed by atoms with Gasteiger partial charge in [-0.1, -0.05) is 53.8 Å². The maximum atomic E-state index is 12.6. The van der Waals surface area contributed by atoms with E-state index in [1.807, 2.05) is 31.2 Å². The summed E-state index contributed by atoms with van der Waals surface area (Å²) < 4.78 is 0.494. The van der Waals surface area contributed by atoms with Gasteiger partial charge in [-0.15, -0.1) is 0 Å². The van der Waals surface area contributed by atoms with Crippen molar-refractivity contribution in [2.45, 2.75) is 6.92 Å². The molecule has 0 spiro atoms. The molecule has 1 fully saturated rings. The smallest absolute Gasteiger partial charge is 0.268 e. The molecule has 2 aromatic carbocycles. The van der Waals surface area contributed by atoms with Crippen molar-refractivity contribution in [3.63, 3.8) is 0 Å². The number of aryl methyl sites for hydroxylation is 1. The van der Waals surface area contributed by atoms with Gasteiger partial charge in [-0.2, -0.15) is 0 Å². The Morgan fingerprint density at radius 3 is 2.38 bits per heavy atom. The minimum atomic E-state index is -0.441. The van der Waals surface area contributed by atoms with Gasteiger partial charge in [0.05, 0.1) is 15.5 Å². The number of carbonyl (C=O) groups is 1. The van der Waals surface area contributed by atoms with E-state index in [9.17, 15) is 14.9 Å². The number of nitro benzene ring substituents is 1. The molecule has 1 saturated heterocycles. The first-order valence-electron chi connectivity index (χ1n) is 7.71. The van der Waals surface area contributed by atoms with E-state index in [2.05, 4.69) is 0 Å². The second-order valence-corrected chi connectivity index (χ2v) is 7.26. The van der Waals surface area contributed by atoms with Crippen molar-refractivity contribution < 1.29 is 9.72 Å². The zero-order valence-corrected chi connectivity index (χ0v) is 15.4. The molecule has 0 saturated carbocycles. The molecule has 1 amide bonds. The lowest BCUT2D eigenvalue weighted by Gasteiger charge is -2.14. The van der Waals surface area contributed by atoms with Crippen molar-refractivity contribution in [1.82, 2.24) is 0 Å². The molecule has 1 heterocycles. The van der Waals surface area contributed by atoms with E-state index in [4.69, 9.17) is 12.2 Å². The van der Waals surface area contributed by atoms with Gasteiger partial charge in [0, 0.05) is 12.1 Å². The number of benzene rings is 2. The Kier molecular flexibility index (Phi) is 5.29. The molecule has 1 aliphatic rings. The first-order valence-corrected chi connectivity index (χ1v) is 8.94. The van der Waals surface area contributed by atoms with E-state index in [0.29, 0.717) is 9.23 Å². The lowest BCUT2D eigenvalue weighted by molar-refractivity contribution is -0.384. The summed E-state index contributed by atoms with van der Waals surface area (Å²) >= 11 is 6.58. The number of rotatable bonds is 4. The van der Waals surface area contributed by atoms with Crippen LogP contribution in [0.3, 0.4) is 0 Å². The fourth-order valence-electron chi connectivity index (χ4n) is 2.35. The molecule has 0 radical (unpaired) electrons. The maximum Gasteiger partial charge on any atom is 0.270 e. The SMILES string of the molecule is Cc1ccc(N2C(=O)C(=CC=Cc3ccc([N+](=O)[O-])cc3)SC2=S)cc1. The summed E-state index contributed by atoms with van der Waals surface area (Å²) in [6.07, 6.45) is 5.22. The van der Waals surface area contributed by atoms with Gasteiger partial charge in [-0.25, -0.2) is 0 Å². The van der Waals surface area contributed by atoms with E-state index in [1.165, 1.54) is 28.8 Å². The molecule has 26 heavy (non-hydrogen) atoms. The van der Waals surface area contributed by atoms with Crippen LogP contribution in [0.4, 0.5) is 11.4 Å². The molecule has 0 atom stereocenters. The average Bonchev–Trinajstić information content (AvgIpc) is 2.90. The van der Waals surface area contributed by atoms with Gasteiger partial charge in [0.1, 0.15) is 0 Å². The molecule has 7 heteroatoms. The summed E-state index contributed by atoms with van der Waals surface area (Å²) in [5, 5.41) is 10.7. The first-order chi connectivity index (χ1) is 12.5. The normalized spacial score (nSPS) is 16.0. The van der Waals surface area contributed by atoms with Crippen molar-refractivity contribution in [1.29, 1.82) is 0 Å². The number of nitrogens with zero attached hydrogens (tertiary/aromatic N) is 2. The van der Waals surface area contributed by atoms with Crippen molar-refractivity contribution in [2.24, 2.45) is 0 Å². The number of nitro groups is 1. The standard InChI is InChI=1S/C19H14N2O3S2/c1-13-5-9-15(10-6-13)20-18(22)17(26-19(20)25)4-2-3-14-7-11-16(12-8-14)21(23)24/h2-12H,1H3. The average molecular weight is 382 g/mol. The minimum absolute atomic E-state index is 0.0427. The third kappa shape index (κ3) is 3.89. The maximum absolute atomic E-state index is 12.6. The van der Waals surface area contributed by atoms with Crippen molar-refractivity contribution in [3.05, 3.63) is 86.8 Å². The number of hydrogen-bond acceptors (Lipinski definition) is 5. The number of hydrogen-bond donors (Lipinski definition) is 0. The Morgan fingerprint density at radius 2 is 1.77 bits per heavy atom. The van der Waals surface area contributed by atoms with Gasteiger partial charge >= 0.3 is 0 Å². The third-order valence-corrected chi connectivity index (χ3v) is 5.05. The van der Waals surface area contributed by atoms with Crippen LogP contribution in [0.1, 0.15) is 11.1 Å². The monoisotopic (exact) mass is 382 g/mol. The van der Waals surface area contributed by atoms with Crippen molar-refractivity contribution in [2.75, 3.05) is 4.90 Å². The molecule has 130 valence electrons. The molecule has 2 aromatic rings. The lowest BCUT2D eigenvalue weighted by atomic mass is 10.2. The number of thiocarbonyl (C=S) groups is 1. The van der Waals surface area contributed by atoms with Gasteiger partial charge in [0.2, 0.25) is 0 Å². The molecule has 0 N–H and O–H groups in total. The molecular weight excluding hydrogens is 368 g/mol. The largest absolute Gasteiger partial charge is 0.270 e. The Balaban J connectivity index is 1.75. The van der Waals surface area contributed by atoms with E-state index in [0.717, 1.165) is 16.8 Å². The first kappa shape index (κ1) is 18.0. The predicted molar refractivity (Wildman–Crippen MR) is 109 cm³/mol. The zero-order valence-electron chi connectivity index (χ0n) is 13.8. The number of carbonyl (C=O) groups excluding carboxylic acids is 1.